The molecule has 0 aliphatic carbocycles. The van der Waals surface area contributed by atoms with Crippen LogP contribution >= 0.6 is 0 Å². The molecule has 1 aromatic rings. The van der Waals surface area contributed by atoms with Crippen LogP contribution < -0.4 is 9.47 Å². The highest BCUT2D eigenvalue weighted by atomic mass is 16.5. The smallest absolute Gasteiger partial charge is 0.257 e. The number of aliphatic hydroxyl groups is 1. The number of benzene rings is 1. The first-order valence-corrected chi connectivity index (χ1v) is 6.65. The molecule has 0 bridgehead atoms. The van der Waals surface area contributed by atoms with Gasteiger partial charge in [0.15, 0.2) is 0 Å². The molecule has 2 rings (SSSR count). The topological polar surface area (TPSA) is 59.0 Å². The van der Waals surface area contributed by atoms with Crippen molar-refractivity contribution in [1.29, 1.82) is 0 Å². The second-order valence-corrected chi connectivity index (χ2v) is 5.49. The lowest BCUT2D eigenvalue weighted by atomic mass is 9.82. The summed E-state index contributed by atoms with van der Waals surface area (Å²) in [6.07, 6.45) is 0. The standard InChI is InChI=1S/C15H21NO4/c1-10(2)15(18)8-16(9-15)14(17)12-6-5-11(19-3)7-13(12)20-4/h5-7,10,18H,8-9H2,1-4H3. The van der Waals surface area contributed by atoms with Crippen LogP contribution in [-0.4, -0.2) is 48.8 Å². The first-order valence-electron chi connectivity index (χ1n) is 6.65. The van der Waals surface area contributed by atoms with E-state index in [2.05, 4.69) is 0 Å². The Bertz CT molecular complexity index is 507. The molecule has 0 spiro atoms. The lowest BCUT2D eigenvalue weighted by Gasteiger charge is -2.49. The number of methoxy groups -OCH3 is 2. The number of likely N-dealkylation sites (tertiary alicyclic amines) is 1. The molecular formula is C15H21NO4. The van der Waals surface area contributed by atoms with Crippen molar-refractivity contribution < 1.29 is 19.4 Å². The summed E-state index contributed by atoms with van der Waals surface area (Å²) in [4.78, 5) is 14.0. The maximum atomic E-state index is 12.4. The van der Waals surface area contributed by atoms with Crippen LogP contribution in [0.2, 0.25) is 0 Å². The van der Waals surface area contributed by atoms with Crippen molar-refractivity contribution in [2.75, 3.05) is 27.3 Å². The van der Waals surface area contributed by atoms with Gasteiger partial charge in [0.25, 0.3) is 5.91 Å². The van der Waals surface area contributed by atoms with Crippen molar-refractivity contribution in [3.05, 3.63) is 23.8 Å². The number of carbonyl (C=O) groups excluding carboxylic acids is 1. The summed E-state index contributed by atoms with van der Waals surface area (Å²) in [5.74, 6) is 1.12. The minimum absolute atomic E-state index is 0.129. The molecule has 0 saturated carbocycles. The fourth-order valence-corrected chi connectivity index (χ4v) is 2.27. The zero-order valence-corrected chi connectivity index (χ0v) is 12.3. The van der Waals surface area contributed by atoms with Crippen LogP contribution in [-0.2, 0) is 0 Å². The Morgan fingerprint density at radius 3 is 2.45 bits per heavy atom. The molecule has 110 valence electrons. The Kier molecular flexibility index (Phi) is 3.90. The third-order valence-electron chi connectivity index (χ3n) is 3.93. The summed E-state index contributed by atoms with van der Waals surface area (Å²) in [6, 6.07) is 5.10. The van der Waals surface area contributed by atoms with E-state index >= 15 is 0 Å². The van der Waals surface area contributed by atoms with Gasteiger partial charge in [-0.3, -0.25) is 4.79 Å². The molecule has 1 aliphatic heterocycles. The SMILES string of the molecule is COc1ccc(C(=O)N2CC(O)(C(C)C)C2)c(OC)c1. The van der Waals surface area contributed by atoms with E-state index in [1.54, 1.807) is 30.2 Å². The van der Waals surface area contributed by atoms with Crippen LogP contribution in [0, 0.1) is 5.92 Å². The molecule has 0 aromatic heterocycles. The lowest BCUT2D eigenvalue weighted by Crippen LogP contribution is -2.65. The molecule has 0 atom stereocenters. The van der Waals surface area contributed by atoms with Gasteiger partial charge < -0.3 is 19.5 Å². The molecule has 0 radical (unpaired) electrons. The molecule has 1 aromatic carbocycles. The number of β-amino-alcohol motifs (C(OH)–C–C–N with tert-alkyl or cyclic N) is 1. The van der Waals surface area contributed by atoms with Gasteiger partial charge in [-0.05, 0) is 18.1 Å². The molecule has 1 saturated heterocycles. The van der Waals surface area contributed by atoms with Crippen LogP contribution in [0.3, 0.4) is 0 Å². The van der Waals surface area contributed by atoms with Crippen molar-refractivity contribution >= 4 is 5.91 Å². The largest absolute Gasteiger partial charge is 0.497 e. The Labute approximate surface area is 119 Å². The van der Waals surface area contributed by atoms with E-state index in [1.165, 1.54) is 7.11 Å². The van der Waals surface area contributed by atoms with E-state index in [0.717, 1.165) is 0 Å². The van der Waals surface area contributed by atoms with Crippen LogP contribution in [0.5, 0.6) is 11.5 Å². The number of amides is 1. The van der Waals surface area contributed by atoms with Gasteiger partial charge in [0.05, 0.1) is 32.9 Å². The number of hydrogen-bond acceptors (Lipinski definition) is 4. The molecule has 1 fully saturated rings. The Morgan fingerprint density at radius 2 is 1.95 bits per heavy atom. The minimum atomic E-state index is -0.768. The zero-order valence-electron chi connectivity index (χ0n) is 12.3. The van der Waals surface area contributed by atoms with E-state index in [9.17, 15) is 9.90 Å². The van der Waals surface area contributed by atoms with Crippen LogP contribution in [0.4, 0.5) is 0 Å². The Hall–Kier alpha value is -1.75. The highest BCUT2D eigenvalue weighted by Crippen LogP contribution is 2.32. The van der Waals surface area contributed by atoms with Gasteiger partial charge in [-0.15, -0.1) is 0 Å². The molecule has 1 heterocycles. The zero-order chi connectivity index (χ0) is 14.9. The van der Waals surface area contributed by atoms with Gasteiger partial charge in [-0.2, -0.15) is 0 Å². The van der Waals surface area contributed by atoms with Gasteiger partial charge in [0, 0.05) is 6.07 Å². The first-order chi connectivity index (χ1) is 9.41. The van der Waals surface area contributed by atoms with Crippen molar-refractivity contribution in [2.45, 2.75) is 19.4 Å². The molecule has 1 aliphatic rings. The van der Waals surface area contributed by atoms with Gasteiger partial charge in [0.2, 0.25) is 0 Å². The monoisotopic (exact) mass is 279 g/mol. The Balaban J connectivity index is 2.15. The number of carbonyl (C=O) groups is 1. The summed E-state index contributed by atoms with van der Waals surface area (Å²) >= 11 is 0. The lowest BCUT2D eigenvalue weighted by molar-refractivity contribution is -0.110. The van der Waals surface area contributed by atoms with Crippen LogP contribution in [0.1, 0.15) is 24.2 Å². The van der Waals surface area contributed by atoms with Crippen molar-refractivity contribution in [2.24, 2.45) is 5.92 Å². The summed E-state index contributed by atoms with van der Waals surface area (Å²) in [6.45, 7) is 4.63. The predicted octanol–water partition coefficient (Wildman–Crippen LogP) is 1.55. The number of ether oxygens (including phenoxy) is 2. The van der Waals surface area contributed by atoms with Gasteiger partial charge in [0.1, 0.15) is 17.1 Å². The van der Waals surface area contributed by atoms with E-state index in [0.29, 0.717) is 30.2 Å². The summed E-state index contributed by atoms with van der Waals surface area (Å²) in [5.41, 5.74) is -0.283. The fraction of sp³-hybridized carbons (Fsp3) is 0.533. The highest BCUT2D eigenvalue weighted by molar-refractivity contribution is 5.97. The van der Waals surface area contributed by atoms with Crippen LogP contribution in [0.25, 0.3) is 0 Å². The summed E-state index contributed by atoms with van der Waals surface area (Å²) < 4.78 is 10.3. The van der Waals surface area contributed by atoms with Crippen molar-refractivity contribution in [1.82, 2.24) is 4.90 Å². The van der Waals surface area contributed by atoms with Gasteiger partial charge in [-0.25, -0.2) is 0 Å². The predicted molar refractivity (Wildman–Crippen MR) is 75.2 cm³/mol. The third kappa shape index (κ3) is 2.45. The quantitative estimate of drug-likeness (QED) is 0.908. The Morgan fingerprint density at radius 1 is 1.30 bits per heavy atom. The number of hydrogen-bond donors (Lipinski definition) is 1. The fourth-order valence-electron chi connectivity index (χ4n) is 2.27. The molecule has 5 nitrogen and oxygen atoms in total. The van der Waals surface area contributed by atoms with Gasteiger partial charge in [-0.1, -0.05) is 13.8 Å². The highest BCUT2D eigenvalue weighted by Gasteiger charge is 2.46. The maximum Gasteiger partial charge on any atom is 0.257 e. The molecule has 1 N–H and O–H groups in total. The number of rotatable bonds is 4. The van der Waals surface area contributed by atoms with E-state index in [1.807, 2.05) is 13.8 Å². The second kappa shape index (κ2) is 5.32. The minimum Gasteiger partial charge on any atom is -0.497 e. The van der Waals surface area contributed by atoms with E-state index in [4.69, 9.17) is 9.47 Å². The average Bonchev–Trinajstić information content (AvgIpc) is 2.42. The molecular weight excluding hydrogens is 258 g/mol. The van der Waals surface area contributed by atoms with Gasteiger partial charge >= 0.3 is 0 Å². The molecule has 5 heteroatoms. The van der Waals surface area contributed by atoms with E-state index in [-0.39, 0.29) is 11.8 Å². The second-order valence-electron chi connectivity index (χ2n) is 5.49. The van der Waals surface area contributed by atoms with E-state index < -0.39 is 5.60 Å². The molecule has 1 amide bonds. The molecule has 20 heavy (non-hydrogen) atoms. The van der Waals surface area contributed by atoms with Crippen molar-refractivity contribution in [3.63, 3.8) is 0 Å². The van der Waals surface area contributed by atoms with Crippen LogP contribution in [0.15, 0.2) is 18.2 Å². The average molecular weight is 279 g/mol. The maximum absolute atomic E-state index is 12.4. The normalized spacial score (nSPS) is 16.8. The summed E-state index contributed by atoms with van der Waals surface area (Å²) in [5, 5.41) is 10.2. The first kappa shape index (κ1) is 14.7. The van der Waals surface area contributed by atoms with Crippen molar-refractivity contribution in [3.8, 4) is 11.5 Å². The number of nitrogens with zero attached hydrogens (tertiary/aromatic N) is 1. The molecule has 0 unspecified atom stereocenters. The third-order valence-corrected chi connectivity index (χ3v) is 3.93. The summed E-state index contributed by atoms with van der Waals surface area (Å²) in [7, 11) is 3.08.